The Morgan fingerprint density at radius 1 is 1.18 bits per heavy atom. The van der Waals surface area contributed by atoms with Crippen molar-refractivity contribution in [1.82, 2.24) is 14.5 Å². The normalized spacial score (nSPS) is 13.7. The van der Waals surface area contributed by atoms with Crippen LogP contribution >= 0.6 is 11.3 Å². The first-order valence-corrected chi connectivity index (χ1v) is 11.7. The highest BCUT2D eigenvalue weighted by atomic mass is 32.1. The number of amides is 1. The average molecular weight is 472 g/mol. The van der Waals surface area contributed by atoms with Crippen LogP contribution in [0, 0.1) is 0 Å². The number of nitrogens with zero attached hydrogens (tertiary/aromatic N) is 3. The van der Waals surface area contributed by atoms with E-state index in [0.29, 0.717) is 49.4 Å². The van der Waals surface area contributed by atoms with Crippen LogP contribution in [0.5, 0.6) is 11.5 Å². The van der Waals surface area contributed by atoms with Crippen LogP contribution in [-0.2, 0) is 30.7 Å². The van der Waals surface area contributed by atoms with Gasteiger partial charge >= 0.3 is 6.09 Å². The largest absolute Gasteiger partial charge is 0.493 e. The number of ether oxygens (including phenoxy) is 3. The van der Waals surface area contributed by atoms with Crippen molar-refractivity contribution in [3.05, 3.63) is 50.9 Å². The van der Waals surface area contributed by atoms with E-state index in [1.54, 1.807) is 30.0 Å². The van der Waals surface area contributed by atoms with E-state index in [4.69, 9.17) is 14.2 Å². The van der Waals surface area contributed by atoms with Gasteiger partial charge in [0.15, 0.2) is 11.5 Å². The van der Waals surface area contributed by atoms with Crippen molar-refractivity contribution in [1.29, 1.82) is 0 Å². The third-order valence-corrected chi connectivity index (χ3v) is 6.69. The Hall–Kier alpha value is -3.07. The van der Waals surface area contributed by atoms with Crippen LogP contribution < -0.4 is 15.0 Å². The van der Waals surface area contributed by atoms with Crippen LogP contribution in [-0.4, -0.2) is 46.9 Å². The second-order valence-electron chi connectivity index (χ2n) is 9.02. The maximum absolute atomic E-state index is 13.3. The van der Waals surface area contributed by atoms with Crippen LogP contribution in [0.15, 0.2) is 29.3 Å². The molecular weight excluding hydrogens is 442 g/mol. The fourth-order valence-electron chi connectivity index (χ4n) is 3.95. The molecule has 33 heavy (non-hydrogen) atoms. The molecule has 1 aliphatic rings. The lowest BCUT2D eigenvalue weighted by Gasteiger charge is -2.29. The third-order valence-electron chi connectivity index (χ3n) is 5.57. The van der Waals surface area contributed by atoms with Gasteiger partial charge in [0.05, 0.1) is 32.5 Å². The number of hydrogen-bond acceptors (Lipinski definition) is 7. The number of aromatic nitrogens is 2. The first kappa shape index (κ1) is 23.1. The molecule has 2 aromatic heterocycles. The number of carbonyl (C=O) groups excluding carboxylic acids is 1. The molecule has 0 saturated carbocycles. The summed E-state index contributed by atoms with van der Waals surface area (Å²) in [6, 6.07) is 5.76. The number of rotatable bonds is 5. The Kier molecular flexibility index (Phi) is 6.34. The van der Waals surface area contributed by atoms with Crippen molar-refractivity contribution in [2.24, 2.45) is 0 Å². The molecule has 3 aromatic rings. The summed E-state index contributed by atoms with van der Waals surface area (Å²) in [6.07, 6.45) is 2.56. The van der Waals surface area contributed by atoms with Gasteiger partial charge in [-0.25, -0.2) is 9.78 Å². The highest BCUT2D eigenvalue weighted by Gasteiger charge is 2.29. The van der Waals surface area contributed by atoms with Gasteiger partial charge in [0.2, 0.25) is 0 Å². The molecule has 9 heteroatoms. The van der Waals surface area contributed by atoms with Crippen LogP contribution in [0.2, 0.25) is 0 Å². The van der Waals surface area contributed by atoms with Gasteiger partial charge in [-0.2, -0.15) is 0 Å². The molecule has 0 atom stereocenters. The van der Waals surface area contributed by atoms with E-state index in [1.165, 1.54) is 11.3 Å². The second kappa shape index (κ2) is 9.05. The van der Waals surface area contributed by atoms with Crippen molar-refractivity contribution < 1.29 is 19.0 Å². The molecule has 1 amide bonds. The van der Waals surface area contributed by atoms with E-state index < -0.39 is 5.60 Å². The molecule has 1 aliphatic heterocycles. The zero-order valence-electron chi connectivity index (χ0n) is 19.6. The fraction of sp³-hybridized carbons (Fsp3) is 0.458. The molecule has 8 nitrogen and oxygen atoms in total. The Morgan fingerprint density at radius 2 is 1.94 bits per heavy atom. The van der Waals surface area contributed by atoms with Gasteiger partial charge < -0.3 is 19.1 Å². The fourth-order valence-corrected chi connectivity index (χ4v) is 5.14. The molecule has 0 spiro atoms. The number of benzene rings is 1. The number of aryl methyl sites for hydroxylation is 2. The summed E-state index contributed by atoms with van der Waals surface area (Å²) in [4.78, 5) is 33.7. The van der Waals surface area contributed by atoms with Gasteiger partial charge in [0.25, 0.3) is 5.56 Å². The minimum absolute atomic E-state index is 0.0382. The molecule has 3 heterocycles. The quantitative estimate of drug-likeness (QED) is 0.559. The topological polar surface area (TPSA) is 82.9 Å². The minimum Gasteiger partial charge on any atom is -0.493 e. The summed E-state index contributed by atoms with van der Waals surface area (Å²) in [7, 11) is 3.21. The molecule has 0 unspecified atom stereocenters. The molecule has 1 aromatic carbocycles. The zero-order chi connectivity index (χ0) is 23.8. The van der Waals surface area contributed by atoms with Crippen molar-refractivity contribution in [2.75, 3.05) is 20.8 Å². The van der Waals surface area contributed by atoms with Gasteiger partial charge in [-0.1, -0.05) is 6.07 Å². The highest BCUT2D eigenvalue weighted by molar-refractivity contribution is 7.18. The lowest BCUT2D eigenvalue weighted by molar-refractivity contribution is 0.0227. The van der Waals surface area contributed by atoms with E-state index >= 15 is 0 Å². The Balaban J connectivity index is 1.55. The molecule has 0 radical (unpaired) electrons. The van der Waals surface area contributed by atoms with E-state index in [0.717, 1.165) is 20.8 Å². The smallest absolute Gasteiger partial charge is 0.410 e. The van der Waals surface area contributed by atoms with Crippen molar-refractivity contribution in [3.63, 3.8) is 0 Å². The molecule has 176 valence electrons. The van der Waals surface area contributed by atoms with E-state index in [1.807, 2.05) is 39.0 Å². The maximum Gasteiger partial charge on any atom is 0.410 e. The lowest BCUT2D eigenvalue weighted by atomic mass is 10.1. The number of thiophene rings is 1. The van der Waals surface area contributed by atoms with Crippen LogP contribution in [0.3, 0.4) is 0 Å². The van der Waals surface area contributed by atoms with Gasteiger partial charge in [0.1, 0.15) is 10.4 Å². The summed E-state index contributed by atoms with van der Waals surface area (Å²) in [6.45, 7) is 7.03. The molecular formula is C24H29N3O5S. The molecule has 0 bridgehead atoms. The number of hydrogen-bond donors (Lipinski definition) is 0. The lowest BCUT2D eigenvalue weighted by Crippen LogP contribution is -2.39. The Morgan fingerprint density at radius 3 is 2.64 bits per heavy atom. The first-order valence-electron chi connectivity index (χ1n) is 10.9. The second-order valence-corrected chi connectivity index (χ2v) is 10.1. The Bertz CT molecular complexity index is 1240. The SMILES string of the molecule is COc1ccc(CCn2cnc3sc4c(c3c2=O)CCN(C(=O)OC(C)(C)C)C4)cc1OC. The summed E-state index contributed by atoms with van der Waals surface area (Å²) in [5.74, 6) is 1.34. The van der Waals surface area contributed by atoms with Gasteiger partial charge in [0, 0.05) is 18.0 Å². The number of methoxy groups -OCH3 is 2. The maximum atomic E-state index is 13.3. The zero-order valence-corrected chi connectivity index (χ0v) is 20.5. The van der Waals surface area contributed by atoms with Gasteiger partial charge in [-0.05, 0) is 56.9 Å². The molecule has 4 rings (SSSR count). The van der Waals surface area contributed by atoms with E-state index in [9.17, 15) is 9.59 Å². The van der Waals surface area contributed by atoms with Crippen LogP contribution in [0.4, 0.5) is 4.79 Å². The predicted molar refractivity (Wildman–Crippen MR) is 127 cm³/mol. The van der Waals surface area contributed by atoms with Crippen molar-refractivity contribution >= 4 is 27.6 Å². The van der Waals surface area contributed by atoms with Gasteiger partial charge in [-0.15, -0.1) is 11.3 Å². The molecule has 0 N–H and O–H groups in total. The number of fused-ring (bicyclic) bond motifs is 3. The number of carbonyl (C=O) groups is 1. The summed E-state index contributed by atoms with van der Waals surface area (Å²) in [5.41, 5.74) is 1.47. The van der Waals surface area contributed by atoms with Crippen LogP contribution in [0.1, 0.15) is 36.8 Å². The monoisotopic (exact) mass is 471 g/mol. The summed E-state index contributed by atoms with van der Waals surface area (Å²) in [5, 5.41) is 0.675. The van der Waals surface area contributed by atoms with Crippen molar-refractivity contribution in [3.8, 4) is 11.5 Å². The Labute approximate surface area is 196 Å². The van der Waals surface area contributed by atoms with E-state index in [2.05, 4.69) is 4.98 Å². The summed E-state index contributed by atoms with van der Waals surface area (Å²) < 4.78 is 17.8. The average Bonchev–Trinajstić information content (AvgIpc) is 3.15. The third kappa shape index (κ3) is 4.83. The predicted octanol–water partition coefficient (Wildman–Crippen LogP) is 4.01. The standard InChI is InChI=1S/C24H29N3O5S/c1-24(2,3)32-23(29)26-11-9-16-19(13-26)33-21-20(16)22(28)27(14-25-21)10-8-15-6-7-17(30-4)18(12-15)31-5/h6-7,12,14H,8-11,13H2,1-5H3. The first-order chi connectivity index (χ1) is 15.7. The highest BCUT2D eigenvalue weighted by Crippen LogP contribution is 2.33. The summed E-state index contributed by atoms with van der Waals surface area (Å²) >= 11 is 1.48. The molecule has 0 aliphatic carbocycles. The molecule has 0 saturated heterocycles. The van der Waals surface area contributed by atoms with Crippen LogP contribution in [0.25, 0.3) is 10.2 Å². The van der Waals surface area contributed by atoms with Gasteiger partial charge in [-0.3, -0.25) is 9.36 Å². The minimum atomic E-state index is -0.541. The van der Waals surface area contributed by atoms with E-state index in [-0.39, 0.29) is 11.7 Å². The van der Waals surface area contributed by atoms with Crippen molar-refractivity contribution in [2.45, 2.75) is 52.3 Å². The molecule has 0 fully saturated rings.